The highest BCUT2D eigenvalue weighted by Crippen LogP contribution is 2.29. The van der Waals surface area contributed by atoms with E-state index in [-0.39, 0.29) is 19.1 Å². The molecule has 6 nitrogen and oxygen atoms in total. The second kappa shape index (κ2) is 9.23. The van der Waals surface area contributed by atoms with Gasteiger partial charge in [-0.1, -0.05) is 23.7 Å². The van der Waals surface area contributed by atoms with Crippen LogP contribution in [0.4, 0.5) is 5.69 Å². The van der Waals surface area contributed by atoms with Gasteiger partial charge in [0.2, 0.25) is 0 Å². The molecule has 1 amide bonds. The number of aryl methyl sites for hydroxylation is 2. The zero-order valence-electron chi connectivity index (χ0n) is 17.7. The van der Waals surface area contributed by atoms with E-state index in [1.54, 1.807) is 29.6 Å². The second-order valence-corrected chi connectivity index (χ2v) is 11.2. The van der Waals surface area contributed by atoms with Crippen molar-refractivity contribution in [1.29, 1.82) is 0 Å². The summed E-state index contributed by atoms with van der Waals surface area (Å²) in [6, 6.07) is 12.5. The van der Waals surface area contributed by atoms with Crippen molar-refractivity contribution in [3.05, 3.63) is 75.1 Å². The molecule has 0 bridgehead atoms. The first-order chi connectivity index (χ1) is 15.2. The fourth-order valence-electron chi connectivity index (χ4n) is 3.69. The maximum absolute atomic E-state index is 12.9. The van der Waals surface area contributed by atoms with E-state index in [0.717, 1.165) is 22.3 Å². The number of sulfonamides is 1. The summed E-state index contributed by atoms with van der Waals surface area (Å²) >= 11 is 7.38. The minimum atomic E-state index is -3.51. The standard InChI is InChI=1S/C23H23ClN2O4S2/c1-15-10-20(11-16(2)23(15)24)30-14-21(27)25-19-6-5-17-7-8-26(13-18(17)12-19)32(28,29)22-4-3-9-31-22/h3-6,9-12H,7-8,13-14H2,1-2H3,(H,25,27). The number of amides is 1. The fourth-order valence-corrected chi connectivity index (χ4v) is 6.36. The first kappa shape index (κ1) is 22.8. The highest BCUT2D eigenvalue weighted by Gasteiger charge is 2.29. The second-order valence-electron chi connectivity index (χ2n) is 7.71. The Bertz CT molecular complexity index is 1230. The quantitative estimate of drug-likeness (QED) is 0.539. The van der Waals surface area contributed by atoms with Gasteiger partial charge in [-0.3, -0.25) is 4.79 Å². The van der Waals surface area contributed by atoms with Crippen molar-refractivity contribution in [2.24, 2.45) is 0 Å². The normalized spacial score (nSPS) is 14.1. The Labute approximate surface area is 196 Å². The van der Waals surface area contributed by atoms with Gasteiger partial charge < -0.3 is 10.1 Å². The van der Waals surface area contributed by atoms with Crippen LogP contribution in [0, 0.1) is 13.8 Å². The van der Waals surface area contributed by atoms with Crippen molar-refractivity contribution in [1.82, 2.24) is 4.31 Å². The maximum atomic E-state index is 12.9. The van der Waals surface area contributed by atoms with E-state index in [9.17, 15) is 13.2 Å². The SMILES string of the molecule is Cc1cc(OCC(=O)Nc2ccc3c(c2)CN(S(=O)(=O)c2cccs2)CC3)cc(C)c1Cl. The van der Waals surface area contributed by atoms with Gasteiger partial charge in [-0.05, 0) is 78.2 Å². The van der Waals surface area contributed by atoms with E-state index < -0.39 is 10.0 Å². The number of benzene rings is 2. The van der Waals surface area contributed by atoms with Crippen LogP contribution in [0.15, 0.2) is 52.1 Å². The van der Waals surface area contributed by atoms with E-state index in [4.69, 9.17) is 16.3 Å². The van der Waals surface area contributed by atoms with Crippen molar-refractivity contribution < 1.29 is 17.9 Å². The molecule has 1 aromatic heterocycles. The van der Waals surface area contributed by atoms with Gasteiger partial charge in [0.25, 0.3) is 15.9 Å². The number of fused-ring (bicyclic) bond motifs is 1. The van der Waals surface area contributed by atoms with Crippen molar-refractivity contribution in [2.75, 3.05) is 18.5 Å². The van der Waals surface area contributed by atoms with Gasteiger partial charge in [0.1, 0.15) is 9.96 Å². The number of carbonyl (C=O) groups excluding carboxylic acids is 1. The third kappa shape index (κ3) is 4.83. The Morgan fingerprint density at radius 2 is 1.91 bits per heavy atom. The van der Waals surface area contributed by atoms with E-state index in [1.807, 2.05) is 32.0 Å². The predicted octanol–water partition coefficient (Wildman–Crippen LogP) is 4.78. The van der Waals surface area contributed by atoms with Crippen molar-refractivity contribution in [3.63, 3.8) is 0 Å². The summed E-state index contributed by atoms with van der Waals surface area (Å²) in [5, 5.41) is 5.27. The minimum Gasteiger partial charge on any atom is -0.484 e. The van der Waals surface area contributed by atoms with Crippen LogP contribution in [0.1, 0.15) is 22.3 Å². The number of carbonyl (C=O) groups is 1. The van der Waals surface area contributed by atoms with E-state index in [0.29, 0.717) is 33.6 Å². The van der Waals surface area contributed by atoms with Crippen molar-refractivity contribution in [3.8, 4) is 5.75 Å². The van der Waals surface area contributed by atoms with E-state index in [2.05, 4.69) is 5.32 Å². The lowest BCUT2D eigenvalue weighted by atomic mass is 10.0. The van der Waals surface area contributed by atoms with Gasteiger partial charge in [-0.15, -0.1) is 11.3 Å². The number of halogens is 1. The van der Waals surface area contributed by atoms with E-state index >= 15 is 0 Å². The monoisotopic (exact) mass is 490 g/mol. The number of ether oxygens (including phenoxy) is 1. The number of thiophene rings is 1. The van der Waals surface area contributed by atoms with Crippen molar-refractivity contribution >= 4 is 44.6 Å². The van der Waals surface area contributed by atoms with Crippen LogP contribution in [0.3, 0.4) is 0 Å². The van der Waals surface area contributed by atoms with Crippen LogP contribution in [-0.4, -0.2) is 31.8 Å². The molecule has 3 aromatic rings. The van der Waals surface area contributed by atoms with Gasteiger partial charge in [-0.25, -0.2) is 8.42 Å². The maximum Gasteiger partial charge on any atom is 0.262 e. The molecule has 0 saturated carbocycles. The molecule has 0 aliphatic carbocycles. The summed E-state index contributed by atoms with van der Waals surface area (Å²) in [5.74, 6) is 0.286. The average Bonchev–Trinajstić information content (AvgIpc) is 3.31. The zero-order chi connectivity index (χ0) is 22.9. The first-order valence-corrected chi connectivity index (χ1v) is 12.8. The summed E-state index contributed by atoms with van der Waals surface area (Å²) in [7, 11) is -3.51. The molecule has 0 atom stereocenters. The molecule has 168 valence electrons. The Balaban J connectivity index is 1.41. The Kier molecular flexibility index (Phi) is 6.57. The van der Waals surface area contributed by atoms with Gasteiger partial charge in [0.15, 0.2) is 6.61 Å². The van der Waals surface area contributed by atoms with Crippen LogP contribution in [0.25, 0.3) is 0 Å². The predicted molar refractivity (Wildman–Crippen MR) is 127 cm³/mol. The molecule has 2 heterocycles. The molecule has 2 aromatic carbocycles. The Morgan fingerprint density at radius 1 is 1.16 bits per heavy atom. The molecule has 0 spiro atoms. The molecule has 0 unspecified atom stereocenters. The average molecular weight is 491 g/mol. The molecule has 1 aliphatic heterocycles. The fraction of sp³-hybridized carbons (Fsp3) is 0.261. The third-order valence-electron chi connectivity index (χ3n) is 5.34. The molecule has 0 saturated heterocycles. The minimum absolute atomic E-state index is 0.142. The molecular weight excluding hydrogens is 468 g/mol. The number of hydrogen-bond donors (Lipinski definition) is 1. The molecule has 0 radical (unpaired) electrons. The first-order valence-electron chi connectivity index (χ1n) is 10.1. The molecule has 1 aliphatic rings. The van der Waals surface area contributed by atoms with Crippen LogP contribution < -0.4 is 10.1 Å². The molecule has 32 heavy (non-hydrogen) atoms. The summed E-state index contributed by atoms with van der Waals surface area (Å²) in [4.78, 5) is 12.4. The molecule has 9 heteroatoms. The largest absolute Gasteiger partial charge is 0.484 e. The summed E-state index contributed by atoms with van der Waals surface area (Å²) in [5.41, 5.74) is 4.36. The van der Waals surface area contributed by atoms with Gasteiger partial charge in [0.05, 0.1) is 0 Å². The van der Waals surface area contributed by atoms with Gasteiger partial charge in [-0.2, -0.15) is 4.31 Å². The number of nitrogens with zero attached hydrogens (tertiary/aromatic N) is 1. The summed E-state index contributed by atoms with van der Waals surface area (Å²) in [6.07, 6.45) is 0.631. The third-order valence-corrected chi connectivity index (χ3v) is 9.15. The Morgan fingerprint density at radius 3 is 2.59 bits per heavy atom. The van der Waals surface area contributed by atoms with Crippen LogP contribution in [0.2, 0.25) is 5.02 Å². The highest BCUT2D eigenvalue weighted by atomic mass is 35.5. The lowest BCUT2D eigenvalue weighted by molar-refractivity contribution is -0.118. The van der Waals surface area contributed by atoms with Crippen LogP contribution in [0.5, 0.6) is 5.75 Å². The topological polar surface area (TPSA) is 75.7 Å². The van der Waals surface area contributed by atoms with Gasteiger partial charge in [0, 0.05) is 23.8 Å². The number of hydrogen-bond acceptors (Lipinski definition) is 5. The summed E-state index contributed by atoms with van der Waals surface area (Å²) in [6.45, 7) is 4.34. The smallest absolute Gasteiger partial charge is 0.262 e. The zero-order valence-corrected chi connectivity index (χ0v) is 20.1. The van der Waals surface area contributed by atoms with Crippen LogP contribution >= 0.6 is 22.9 Å². The Hall–Kier alpha value is -2.39. The molecule has 0 fully saturated rings. The number of rotatable bonds is 6. The van der Waals surface area contributed by atoms with E-state index in [1.165, 1.54) is 15.6 Å². The molecule has 4 rings (SSSR count). The van der Waals surface area contributed by atoms with Crippen molar-refractivity contribution in [2.45, 2.75) is 31.0 Å². The molecule has 1 N–H and O–H groups in total. The highest BCUT2D eigenvalue weighted by molar-refractivity contribution is 7.91. The van der Waals surface area contributed by atoms with Gasteiger partial charge >= 0.3 is 0 Å². The lowest BCUT2D eigenvalue weighted by Gasteiger charge is -2.28. The lowest BCUT2D eigenvalue weighted by Crippen LogP contribution is -2.35. The number of anilines is 1. The number of nitrogens with one attached hydrogen (secondary N) is 1. The summed E-state index contributed by atoms with van der Waals surface area (Å²) < 4.78 is 33.1. The molecular formula is C23H23ClN2O4S2. The van der Waals surface area contributed by atoms with Crippen LogP contribution in [-0.2, 0) is 27.8 Å².